The second-order valence-corrected chi connectivity index (χ2v) is 8.65. The Kier molecular flexibility index (Phi) is 6.91. The number of hydrogen-bond acceptors (Lipinski definition) is 4. The van der Waals surface area contributed by atoms with Gasteiger partial charge in [-0.3, -0.25) is 0 Å². The molecule has 1 aromatic carbocycles. The number of ether oxygens (including phenoxy) is 1. The van der Waals surface area contributed by atoms with E-state index in [1.165, 1.54) is 18.2 Å². The van der Waals surface area contributed by atoms with Crippen molar-refractivity contribution in [1.29, 1.82) is 0 Å². The Morgan fingerprint density at radius 1 is 1.15 bits per heavy atom. The van der Waals surface area contributed by atoms with Crippen LogP contribution in [0.3, 0.4) is 0 Å². The molecule has 0 aliphatic heterocycles. The van der Waals surface area contributed by atoms with E-state index >= 15 is 0 Å². The van der Waals surface area contributed by atoms with Crippen LogP contribution in [0.25, 0.3) is 0 Å². The summed E-state index contributed by atoms with van der Waals surface area (Å²) in [5.41, 5.74) is 1.70. The maximum absolute atomic E-state index is 12.7. The molecular formula is C18H22Cl2N2O3S. The van der Waals surface area contributed by atoms with Crippen molar-refractivity contribution in [3.63, 3.8) is 0 Å². The maximum Gasteiger partial charge on any atom is 0.241 e. The molecule has 1 aromatic heterocycles. The molecule has 5 nitrogen and oxygen atoms in total. The van der Waals surface area contributed by atoms with Crippen molar-refractivity contribution in [3.05, 3.63) is 51.6 Å². The molecule has 0 aliphatic rings. The lowest BCUT2D eigenvalue weighted by molar-refractivity contribution is 0.229. The van der Waals surface area contributed by atoms with Gasteiger partial charge in [0.2, 0.25) is 15.9 Å². The summed E-state index contributed by atoms with van der Waals surface area (Å²) in [5.74, 6) is 0.528. The van der Waals surface area contributed by atoms with Crippen LogP contribution in [0.1, 0.15) is 44.9 Å². The molecule has 0 radical (unpaired) electrons. The zero-order chi connectivity index (χ0) is 19.5. The van der Waals surface area contributed by atoms with Gasteiger partial charge in [0.15, 0.2) is 0 Å². The highest BCUT2D eigenvalue weighted by Gasteiger charge is 2.22. The second-order valence-electron chi connectivity index (χ2n) is 6.12. The minimum atomic E-state index is -3.76. The number of rotatable bonds is 7. The molecule has 0 aliphatic carbocycles. The fourth-order valence-electron chi connectivity index (χ4n) is 2.58. The van der Waals surface area contributed by atoms with Gasteiger partial charge in [0.1, 0.15) is 0 Å². The highest BCUT2D eigenvalue weighted by molar-refractivity contribution is 7.89. The molecule has 0 bridgehead atoms. The number of benzene rings is 1. The Hall–Kier alpha value is -1.34. The molecule has 1 heterocycles. The smallest absolute Gasteiger partial charge is 0.241 e. The van der Waals surface area contributed by atoms with Gasteiger partial charge < -0.3 is 4.74 Å². The molecule has 1 N–H and O–H groups in total. The Morgan fingerprint density at radius 3 is 2.42 bits per heavy atom. The van der Waals surface area contributed by atoms with Crippen molar-refractivity contribution < 1.29 is 13.2 Å². The van der Waals surface area contributed by atoms with Crippen LogP contribution in [-0.4, -0.2) is 19.5 Å². The predicted molar refractivity (Wildman–Crippen MR) is 105 cm³/mol. The lowest BCUT2D eigenvalue weighted by atomic mass is 10.0. The molecule has 26 heavy (non-hydrogen) atoms. The average Bonchev–Trinajstić information content (AvgIpc) is 2.56. The molecule has 0 saturated heterocycles. The van der Waals surface area contributed by atoms with Crippen LogP contribution in [0.4, 0.5) is 0 Å². The first kappa shape index (κ1) is 21.0. The van der Waals surface area contributed by atoms with Crippen LogP contribution >= 0.6 is 23.2 Å². The standard InChI is InChI=1S/C18H22Cl2N2O3S/c1-5-14-15(8-9-21-18(14)25-11(2)3)12(4)22-26(23,24)13-6-7-16(19)17(20)10-13/h6-12,22H,5H2,1-4H3. The number of pyridine rings is 1. The minimum Gasteiger partial charge on any atom is -0.475 e. The Labute approximate surface area is 164 Å². The van der Waals surface area contributed by atoms with Gasteiger partial charge in [-0.2, -0.15) is 0 Å². The van der Waals surface area contributed by atoms with E-state index in [1.807, 2.05) is 20.8 Å². The number of hydrogen-bond donors (Lipinski definition) is 1. The van der Waals surface area contributed by atoms with Crippen molar-refractivity contribution in [3.8, 4) is 5.88 Å². The largest absolute Gasteiger partial charge is 0.475 e. The highest BCUT2D eigenvalue weighted by atomic mass is 35.5. The zero-order valence-corrected chi connectivity index (χ0v) is 17.4. The third-order valence-corrected chi connectivity index (χ3v) is 6.03. The summed E-state index contributed by atoms with van der Waals surface area (Å²) in [6.45, 7) is 7.60. The van der Waals surface area contributed by atoms with E-state index in [1.54, 1.807) is 19.2 Å². The molecule has 0 saturated carbocycles. The van der Waals surface area contributed by atoms with Crippen LogP contribution in [-0.2, 0) is 16.4 Å². The van der Waals surface area contributed by atoms with E-state index in [4.69, 9.17) is 27.9 Å². The van der Waals surface area contributed by atoms with Gasteiger partial charge in [-0.1, -0.05) is 30.1 Å². The maximum atomic E-state index is 12.7. The first-order chi connectivity index (χ1) is 12.2. The molecule has 1 unspecified atom stereocenters. The summed E-state index contributed by atoms with van der Waals surface area (Å²) in [4.78, 5) is 4.34. The van der Waals surface area contributed by atoms with Gasteiger partial charge in [-0.05, 0) is 57.0 Å². The van der Waals surface area contributed by atoms with Crippen LogP contribution in [0, 0.1) is 0 Å². The number of nitrogens with one attached hydrogen (secondary N) is 1. The lowest BCUT2D eigenvalue weighted by Crippen LogP contribution is -2.28. The van der Waals surface area contributed by atoms with Gasteiger partial charge in [-0.25, -0.2) is 18.1 Å². The Bertz CT molecular complexity index is 886. The molecule has 8 heteroatoms. The van der Waals surface area contributed by atoms with E-state index in [-0.39, 0.29) is 16.0 Å². The summed E-state index contributed by atoms with van der Waals surface area (Å²) in [7, 11) is -3.76. The summed E-state index contributed by atoms with van der Waals surface area (Å²) in [6, 6.07) is 5.54. The molecule has 142 valence electrons. The third-order valence-electron chi connectivity index (χ3n) is 3.75. The number of aromatic nitrogens is 1. The molecule has 1 atom stereocenters. The minimum absolute atomic E-state index is 0.0220. The summed E-state index contributed by atoms with van der Waals surface area (Å²) in [5, 5.41) is 0.490. The Morgan fingerprint density at radius 2 is 1.85 bits per heavy atom. The first-order valence-electron chi connectivity index (χ1n) is 8.27. The van der Waals surface area contributed by atoms with Crippen molar-refractivity contribution >= 4 is 33.2 Å². The normalized spacial score (nSPS) is 13.0. The van der Waals surface area contributed by atoms with Gasteiger partial charge >= 0.3 is 0 Å². The molecule has 2 aromatic rings. The van der Waals surface area contributed by atoms with E-state index in [9.17, 15) is 8.42 Å². The number of sulfonamides is 1. The first-order valence-corrected chi connectivity index (χ1v) is 10.5. The second kappa shape index (κ2) is 8.57. The van der Waals surface area contributed by atoms with Crippen LogP contribution in [0.5, 0.6) is 5.88 Å². The lowest BCUT2D eigenvalue weighted by Gasteiger charge is -2.20. The predicted octanol–water partition coefficient (Wildman–Crippen LogP) is 4.78. The van der Waals surface area contributed by atoms with Crippen LogP contribution in [0.15, 0.2) is 35.4 Å². The van der Waals surface area contributed by atoms with E-state index < -0.39 is 16.1 Å². The van der Waals surface area contributed by atoms with Crippen molar-refractivity contribution in [1.82, 2.24) is 9.71 Å². The van der Waals surface area contributed by atoms with E-state index in [2.05, 4.69) is 9.71 Å². The quantitative estimate of drug-likeness (QED) is 0.704. The van der Waals surface area contributed by atoms with Crippen LogP contribution in [0.2, 0.25) is 10.0 Å². The summed E-state index contributed by atoms with van der Waals surface area (Å²) >= 11 is 11.8. The van der Waals surface area contributed by atoms with Gasteiger partial charge in [0, 0.05) is 17.8 Å². The Balaban J connectivity index is 2.34. The van der Waals surface area contributed by atoms with Gasteiger partial charge in [0.25, 0.3) is 0 Å². The van der Waals surface area contributed by atoms with Crippen LogP contribution < -0.4 is 9.46 Å². The zero-order valence-electron chi connectivity index (χ0n) is 15.1. The third kappa shape index (κ3) is 4.88. The monoisotopic (exact) mass is 416 g/mol. The fraction of sp³-hybridized carbons (Fsp3) is 0.389. The summed E-state index contributed by atoms with van der Waals surface area (Å²) < 4.78 is 33.8. The molecule has 0 spiro atoms. The molecular weight excluding hydrogens is 395 g/mol. The van der Waals surface area contributed by atoms with Gasteiger partial charge in [-0.15, -0.1) is 0 Å². The molecule has 0 fully saturated rings. The number of nitrogens with zero attached hydrogens (tertiary/aromatic N) is 1. The van der Waals surface area contributed by atoms with Crippen molar-refractivity contribution in [2.75, 3.05) is 0 Å². The van der Waals surface area contributed by atoms with Crippen molar-refractivity contribution in [2.24, 2.45) is 0 Å². The van der Waals surface area contributed by atoms with Crippen molar-refractivity contribution in [2.45, 2.75) is 51.2 Å². The molecule has 0 amide bonds. The van der Waals surface area contributed by atoms with Gasteiger partial charge in [0.05, 0.1) is 21.0 Å². The molecule has 2 rings (SSSR count). The fourth-order valence-corrected chi connectivity index (χ4v) is 4.19. The topological polar surface area (TPSA) is 68.3 Å². The average molecular weight is 417 g/mol. The SMILES string of the molecule is CCc1c(C(C)NS(=O)(=O)c2ccc(Cl)c(Cl)c2)ccnc1OC(C)C. The van der Waals surface area contributed by atoms with E-state index in [0.29, 0.717) is 17.3 Å². The highest BCUT2D eigenvalue weighted by Crippen LogP contribution is 2.29. The summed E-state index contributed by atoms with van der Waals surface area (Å²) in [6.07, 6.45) is 2.27. The van der Waals surface area contributed by atoms with E-state index in [0.717, 1.165) is 11.1 Å². The number of halogens is 2.